The van der Waals surface area contributed by atoms with Crippen LogP contribution in [0.5, 0.6) is 5.75 Å². The van der Waals surface area contributed by atoms with Gasteiger partial charge in [-0.3, -0.25) is 44.0 Å². The van der Waals surface area contributed by atoms with Crippen LogP contribution in [0.4, 0.5) is 8.78 Å². The molecule has 58 heavy (non-hydrogen) atoms. The third kappa shape index (κ3) is 6.99. The molecule has 13 heteroatoms. The number of nitrogens with one attached hydrogen (secondary N) is 1. The Balaban J connectivity index is 0.777. The number of carbonyl (C=O) groups is 5. The Hall–Kier alpha value is -5.01. The first-order valence-electron chi connectivity index (χ1n) is 20.7. The van der Waals surface area contributed by atoms with Crippen molar-refractivity contribution < 1.29 is 37.9 Å². The molecule has 0 aromatic heterocycles. The SMILES string of the molecule is C[C@@H]1Cc2cc(O)ccc2C(c2ccc(C3CCC4(CC3)CCN(C(=O)CN3Cc5cc6c(cc5C3)C(=O)N(C3CCC(=O)NC3=O)C6=O)CC4)cc2)N1CC(F)F. The van der Waals surface area contributed by atoms with E-state index in [0.717, 1.165) is 84.3 Å². The van der Waals surface area contributed by atoms with Crippen LogP contribution in [0.25, 0.3) is 0 Å². The normalized spacial score (nSPS) is 25.0. The van der Waals surface area contributed by atoms with Crippen molar-refractivity contribution in [1.29, 1.82) is 0 Å². The van der Waals surface area contributed by atoms with Crippen molar-refractivity contribution in [2.75, 3.05) is 26.2 Å². The largest absolute Gasteiger partial charge is 0.508 e. The number of alkyl halides is 2. The van der Waals surface area contributed by atoms with Gasteiger partial charge in [0.2, 0.25) is 17.7 Å². The molecule has 1 saturated carbocycles. The smallest absolute Gasteiger partial charge is 0.262 e. The Morgan fingerprint density at radius 1 is 0.845 bits per heavy atom. The van der Waals surface area contributed by atoms with Gasteiger partial charge < -0.3 is 10.0 Å². The fourth-order valence-corrected chi connectivity index (χ4v) is 10.8. The fraction of sp³-hybridized carbons (Fsp3) is 0.489. The van der Waals surface area contributed by atoms with Gasteiger partial charge in [-0.2, -0.15) is 0 Å². The van der Waals surface area contributed by atoms with Crippen LogP contribution in [-0.4, -0.2) is 98.9 Å². The van der Waals surface area contributed by atoms with Gasteiger partial charge in [0.1, 0.15) is 11.8 Å². The Labute approximate surface area is 336 Å². The zero-order valence-electron chi connectivity index (χ0n) is 32.7. The summed E-state index contributed by atoms with van der Waals surface area (Å²) in [5.41, 5.74) is 6.77. The molecule has 3 atom stereocenters. The van der Waals surface area contributed by atoms with E-state index in [1.54, 1.807) is 24.3 Å². The topological polar surface area (TPSA) is 131 Å². The maximum Gasteiger partial charge on any atom is 0.262 e. The van der Waals surface area contributed by atoms with Crippen LogP contribution in [0, 0.1) is 5.41 Å². The van der Waals surface area contributed by atoms with Crippen molar-refractivity contribution in [3.63, 3.8) is 0 Å². The number of phenolic OH excluding ortho intramolecular Hbond substituents is 1. The Morgan fingerprint density at radius 3 is 2.10 bits per heavy atom. The van der Waals surface area contributed by atoms with E-state index in [1.807, 2.05) is 27.7 Å². The van der Waals surface area contributed by atoms with Gasteiger partial charge in [0.05, 0.1) is 30.3 Å². The molecular weight excluding hydrogens is 745 g/mol. The molecular formula is C45H49F2N5O6. The number of phenols is 1. The summed E-state index contributed by atoms with van der Waals surface area (Å²) < 4.78 is 27.5. The molecule has 3 aromatic carbocycles. The van der Waals surface area contributed by atoms with Gasteiger partial charge in [0.25, 0.3) is 18.2 Å². The molecule has 304 valence electrons. The Bertz CT molecular complexity index is 2130. The number of hydrogen-bond donors (Lipinski definition) is 2. The third-order valence-corrected chi connectivity index (χ3v) is 14.0. The summed E-state index contributed by atoms with van der Waals surface area (Å²) in [4.78, 5) is 71.2. The molecule has 11 nitrogen and oxygen atoms in total. The summed E-state index contributed by atoms with van der Waals surface area (Å²) in [5.74, 6) is -1.40. The number of carbonyl (C=O) groups excluding carboxylic acids is 5. The van der Waals surface area contributed by atoms with Crippen molar-refractivity contribution in [3.8, 4) is 5.75 Å². The highest BCUT2D eigenvalue weighted by atomic mass is 19.3. The van der Waals surface area contributed by atoms with Gasteiger partial charge in [0.15, 0.2) is 0 Å². The highest BCUT2D eigenvalue weighted by Crippen LogP contribution is 2.49. The second-order valence-electron chi connectivity index (χ2n) is 17.5. The van der Waals surface area contributed by atoms with Crippen LogP contribution in [0.3, 0.4) is 0 Å². The fourth-order valence-electron chi connectivity index (χ4n) is 10.8. The van der Waals surface area contributed by atoms with Crippen LogP contribution >= 0.6 is 0 Å². The highest BCUT2D eigenvalue weighted by molar-refractivity contribution is 6.23. The van der Waals surface area contributed by atoms with E-state index < -0.39 is 36.1 Å². The average Bonchev–Trinajstić information content (AvgIpc) is 3.70. The number of rotatable bonds is 7. The number of likely N-dealkylation sites (tertiary alicyclic amines) is 1. The van der Waals surface area contributed by atoms with Crippen LogP contribution in [0.15, 0.2) is 54.6 Å². The molecule has 5 amide bonds. The summed E-state index contributed by atoms with van der Waals surface area (Å²) in [6.07, 6.45) is 4.63. The molecule has 0 bridgehead atoms. The van der Waals surface area contributed by atoms with Crippen LogP contribution in [0.1, 0.15) is 124 Å². The number of piperidine rings is 2. The van der Waals surface area contributed by atoms with E-state index in [2.05, 4.69) is 29.6 Å². The van der Waals surface area contributed by atoms with E-state index in [4.69, 9.17) is 0 Å². The Kier molecular flexibility index (Phi) is 9.95. The lowest BCUT2D eigenvalue weighted by molar-refractivity contribution is -0.137. The summed E-state index contributed by atoms with van der Waals surface area (Å²) in [6.45, 7) is 4.34. The number of amides is 5. The van der Waals surface area contributed by atoms with Crippen LogP contribution < -0.4 is 5.32 Å². The minimum atomic E-state index is -2.45. The minimum absolute atomic E-state index is 0.0684. The molecule has 2 saturated heterocycles. The van der Waals surface area contributed by atoms with E-state index in [0.29, 0.717) is 25.4 Å². The van der Waals surface area contributed by atoms with Gasteiger partial charge in [-0.1, -0.05) is 30.3 Å². The zero-order chi connectivity index (χ0) is 40.5. The minimum Gasteiger partial charge on any atom is -0.508 e. The summed E-state index contributed by atoms with van der Waals surface area (Å²) >= 11 is 0. The number of hydrogen-bond acceptors (Lipinski definition) is 8. The predicted molar refractivity (Wildman–Crippen MR) is 209 cm³/mol. The van der Waals surface area contributed by atoms with E-state index >= 15 is 0 Å². The predicted octanol–water partition coefficient (Wildman–Crippen LogP) is 5.68. The number of imide groups is 2. The lowest BCUT2D eigenvalue weighted by Gasteiger charge is -2.46. The molecule has 9 rings (SSSR count). The molecule has 2 unspecified atom stereocenters. The van der Waals surface area contributed by atoms with Crippen LogP contribution in [-0.2, 0) is 33.9 Å². The average molecular weight is 794 g/mol. The molecule has 0 radical (unpaired) electrons. The number of benzene rings is 3. The molecule has 1 aliphatic carbocycles. The van der Waals surface area contributed by atoms with Gasteiger partial charge >= 0.3 is 0 Å². The van der Waals surface area contributed by atoms with Gasteiger partial charge in [0, 0.05) is 38.6 Å². The van der Waals surface area contributed by atoms with Crippen molar-refractivity contribution in [2.45, 2.75) is 108 Å². The lowest BCUT2D eigenvalue weighted by atomic mass is 9.64. The van der Waals surface area contributed by atoms with Gasteiger partial charge in [-0.25, -0.2) is 8.78 Å². The van der Waals surface area contributed by atoms with Crippen molar-refractivity contribution in [3.05, 3.63) is 99.1 Å². The molecule has 5 aliphatic heterocycles. The van der Waals surface area contributed by atoms with Crippen molar-refractivity contribution in [2.24, 2.45) is 5.41 Å². The second kappa shape index (κ2) is 15.0. The molecule has 2 N–H and O–H groups in total. The first kappa shape index (κ1) is 38.5. The molecule has 1 spiro atoms. The summed E-state index contributed by atoms with van der Waals surface area (Å²) in [6, 6.07) is 15.9. The first-order valence-corrected chi connectivity index (χ1v) is 20.7. The van der Waals surface area contributed by atoms with Gasteiger partial charge in [-0.15, -0.1) is 0 Å². The van der Waals surface area contributed by atoms with Crippen LogP contribution in [0.2, 0.25) is 0 Å². The standard InChI is InChI=1S/C45H49F2N5O6/c1-26-18-30-19-33(53)6-7-34(30)41(51(26)24-38(46)47)29-4-2-27(3-5-29)28-10-12-45(13-11-28)14-16-50(17-15-45)40(55)25-49-22-31-20-35-36(21-32(31)23-49)44(58)52(43(35)57)37-8-9-39(54)48-42(37)56/h2-7,19-21,26,28,37-38,41,53H,8-18,22-25H2,1H3,(H,48,54,56)/t26-,37?,41?/m1/s1. The van der Waals surface area contributed by atoms with Crippen molar-refractivity contribution >= 4 is 29.5 Å². The molecule has 5 heterocycles. The summed E-state index contributed by atoms with van der Waals surface area (Å²) in [7, 11) is 0. The van der Waals surface area contributed by atoms with E-state index in [1.165, 1.54) is 5.56 Å². The van der Waals surface area contributed by atoms with Crippen molar-refractivity contribution in [1.82, 2.24) is 24.9 Å². The maximum absolute atomic E-state index is 13.8. The maximum atomic E-state index is 13.8. The third-order valence-electron chi connectivity index (χ3n) is 14.0. The number of aromatic hydroxyl groups is 1. The van der Waals surface area contributed by atoms with E-state index in [-0.39, 0.29) is 66.2 Å². The lowest BCUT2D eigenvalue weighted by Crippen LogP contribution is -2.54. The number of fused-ring (bicyclic) bond motifs is 3. The first-order chi connectivity index (χ1) is 27.9. The highest BCUT2D eigenvalue weighted by Gasteiger charge is 2.46. The molecule has 3 fully saturated rings. The number of halogens is 2. The zero-order valence-corrected chi connectivity index (χ0v) is 32.7. The molecule has 6 aliphatic rings. The molecule has 3 aromatic rings. The quantitative estimate of drug-likeness (QED) is 0.293. The second-order valence-corrected chi connectivity index (χ2v) is 17.5. The van der Waals surface area contributed by atoms with E-state index in [9.17, 15) is 37.9 Å². The Morgan fingerprint density at radius 2 is 1.48 bits per heavy atom. The van der Waals surface area contributed by atoms with Gasteiger partial charge in [-0.05, 0) is 127 Å². The summed E-state index contributed by atoms with van der Waals surface area (Å²) in [5, 5.41) is 12.4. The number of nitrogens with zero attached hydrogens (tertiary/aromatic N) is 4. The monoisotopic (exact) mass is 793 g/mol.